The zero-order valence-corrected chi connectivity index (χ0v) is 16.5. The first kappa shape index (κ1) is 18.8. The van der Waals surface area contributed by atoms with Gasteiger partial charge in [0, 0.05) is 23.2 Å². The number of hydrogen-bond donors (Lipinski definition) is 0. The first-order valence-electron chi connectivity index (χ1n) is 8.66. The maximum atomic E-state index is 12.3. The maximum Gasteiger partial charge on any atom is 0.339 e. The summed E-state index contributed by atoms with van der Waals surface area (Å²) in [6.07, 6.45) is 2.23. The number of esters is 1. The van der Waals surface area contributed by atoms with Gasteiger partial charge in [-0.3, -0.25) is 4.90 Å². The number of nitriles is 1. The number of carbonyl (C=O) groups is 1. The van der Waals surface area contributed by atoms with Crippen LogP contribution >= 0.6 is 23.6 Å². The minimum atomic E-state index is -0.415. The number of pyridine rings is 1. The lowest BCUT2D eigenvalue weighted by molar-refractivity contribution is 0.0523. The second kappa shape index (κ2) is 8.12. The number of aromatic nitrogens is 1. The number of nitrogens with zero attached hydrogens (tertiary/aromatic N) is 3. The summed E-state index contributed by atoms with van der Waals surface area (Å²) in [7, 11) is 0. The van der Waals surface area contributed by atoms with Crippen molar-refractivity contribution in [1.29, 1.82) is 5.26 Å². The van der Waals surface area contributed by atoms with Gasteiger partial charge >= 0.3 is 5.97 Å². The Balaban J connectivity index is 1.99. The van der Waals surface area contributed by atoms with Gasteiger partial charge in [-0.2, -0.15) is 5.26 Å². The van der Waals surface area contributed by atoms with Gasteiger partial charge in [0.2, 0.25) is 0 Å². The molecule has 136 valence electrons. The van der Waals surface area contributed by atoms with Crippen LogP contribution in [0.5, 0.6) is 0 Å². The van der Waals surface area contributed by atoms with Crippen molar-refractivity contribution in [2.75, 3.05) is 13.2 Å². The van der Waals surface area contributed by atoms with Crippen molar-refractivity contribution >= 4 is 29.5 Å². The third-order valence-electron chi connectivity index (χ3n) is 4.73. The van der Waals surface area contributed by atoms with Gasteiger partial charge in [-0.25, -0.2) is 4.79 Å². The molecule has 0 radical (unpaired) electrons. The predicted octanol–water partition coefficient (Wildman–Crippen LogP) is 4.43. The average molecular weight is 388 g/mol. The van der Waals surface area contributed by atoms with Crippen LogP contribution in [0, 0.1) is 22.9 Å². The Labute approximate surface area is 162 Å². The highest BCUT2D eigenvalue weighted by atomic mass is 32.1. The lowest BCUT2D eigenvalue weighted by Gasteiger charge is -2.26. The molecule has 1 aliphatic heterocycles. The van der Waals surface area contributed by atoms with E-state index in [4.69, 9.17) is 17.0 Å². The monoisotopic (exact) mass is 387 g/mol. The fourth-order valence-corrected chi connectivity index (χ4v) is 4.59. The molecule has 3 heterocycles. The average Bonchev–Trinajstić information content (AvgIpc) is 3.30. The molecule has 1 fully saturated rings. The van der Waals surface area contributed by atoms with Crippen LogP contribution in [-0.4, -0.2) is 28.6 Å². The van der Waals surface area contributed by atoms with E-state index in [1.54, 1.807) is 24.3 Å². The molecule has 5 nitrogen and oxygen atoms in total. The third-order valence-corrected chi connectivity index (χ3v) is 6.15. The van der Waals surface area contributed by atoms with Crippen LogP contribution in [0.1, 0.15) is 52.3 Å². The first-order chi connectivity index (χ1) is 12.6. The minimum absolute atomic E-state index is 0.294. The van der Waals surface area contributed by atoms with E-state index in [9.17, 15) is 10.1 Å². The topological polar surface area (TPSA) is 58.3 Å². The highest BCUT2D eigenvalue weighted by Gasteiger charge is 2.28. The molecule has 26 heavy (non-hydrogen) atoms. The standard InChI is InChI=1S/C19H21N3O2S2/c1-3-24-19(23)15-10-14(11-20)18(25)22(13(15)2)12-21-8-4-6-16(21)17-7-5-9-26-17/h5,7,9-10,16H,3-4,6,8,12H2,1-2H3/t16-/m1/s1. The zero-order valence-electron chi connectivity index (χ0n) is 14.9. The Morgan fingerprint density at radius 1 is 1.54 bits per heavy atom. The summed E-state index contributed by atoms with van der Waals surface area (Å²) in [5.74, 6) is -0.415. The largest absolute Gasteiger partial charge is 0.462 e. The first-order valence-corrected chi connectivity index (χ1v) is 9.94. The fourth-order valence-electron chi connectivity index (χ4n) is 3.40. The van der Waals surface area contributed by atoms with Crippen LogP contribution in [0.3, 0.4) is 0 Å². The Kier molecular flexibility index (Phi) is 5.87. The number of hydrogen-bond acceptors (Lipinski definition) is 6. The Bertz CT molecular complexity index is 897. The second-order valence-corrected chi connectivity index (χ2v) is 7.62. The van der Waals surface area contributed by atoms with Gasteiger partial charge in [0.15, 0.2) is 0 Å². The lowest BCUT2D eigenvalue weighted by atomic mass is 10.1. The van der Waals surface area contributed by atoms with E-state index in [-0.39, 0.29) is 0 Å². The van der Waals surface area contributed by atoms with Crippen molar-refractivity contribution in [2.24, 2.45) is 0 Å². The van der Waals surface area contributed by atoms with Crippen LogP contribution in [0.4, 0.5) is 0 Å². The summed E-state index contributed by atoms with van der Waals surface area (Å²) in [6.45, 7) is 5.45. The van der Waals surface area contributed by atoms with E-state index in [2.05, 4.69) is 28.5 Å². The van der Waals surface area contributed by atoms with E-state index >= 15 is 0 Å². The highest BCUT2D eigenvalue weighted by molar-refractivity contribution is 7.71. The smallest absolute Gasteiger partial charge is 0.339 e. The van der Waals surface area contributed by atoms with Crippen molar-refractivity contribution in [3.8, 4) is 6.07 Å². The minimum Gasteiger partial charge on any atom is -0.462 e. The molecule has 1 aliphatic rings. The maximum absolute atomic E-state index is 12.3. The van der Waals surface area contributed by atoms with Crippen molar-refractivity contribution < 1.29 is 9.53 Å². The molecule has 0 bridgehead atoms. The zero-order chi connectivity index (χ0) is 18.7. The molecule has 0 saturated carbocycles. The van der Waals surface area contributed by atoms with Crippen molar-refractivity contribution in [1.82, 2.24) is 9.47 Å². The van der Waals surface area contributed by atoms with E-state index in [1.807, 2.05) is 11.5 Å². The van der Waals surface area contributed by atoms with Crippen molar-refractivity contribution in [3.05, 3.63) is 49.9 Å². The Morgan fingerprint density at radius 2 is 2.35 bits per heavy atom. The third kappa shape index (κ3) is 3.58. The van der Waals surface area contributed by atoms with E-state index < -0.39 is 5.97 Å². The SMILES string of the molecule is CCOC(=O)c1cc(C#N)c(=S)n(CN2CCC[C@@H]2c2cccs2)c1C. The van der Waals surface area contributed by atoms with Gasteiger partial charge in [0.1, 0.15) is 10.7 Å². The van der Waals surface area contributed by atoms with Crippen LogP contribution in [0.15, 0.2) is 23.6 Å². The van der Waals surface area contributed by atoms with Gasteiger partial charge in [-0.05, 0) is 44.2 Å². The van der Waals surface area contributed by atoms with Gasteiger partial charge < -0.3 is 9.30 Å². The lowest BCUT2D eigenvalue weighted by Crippen LogP contribution is -2.28. The molecule has 3 rings (SSSR count). The van der Waals surface area contributed by atoms with Gasteiger partial charge in [-0.15, -0.1) is 11.3 Å². The summed E-state index contributed by atoms with van der Waals surface area (Å²) in [5.41, 5.74) is 1.48. The van der Waals surface area contributed by atoms with E-state index in [0.717, 1.165) is 25.1 Å². The van der Waals surface area contributed by atoms with Crippen LogP contribution < -0.4 is 0 Å². The summed E-state index contributed by atoms with van der Waals surface area (Å²) in [4.78, 5) is 16.0. The molecule has 0 N–H and O–H groups in total. The van der Waals surface area contributed by atoms with Crippen LogP contribution in [-0.2, 0) is 11.4 Å². The molecule has 0 unspecified atom stereocenters. The van der Waals surface area contributed by atoms with E-state index in [1.165, 1.54) is 4.88 Å². The molecule has 1 saturated heterocycles. The molecule has 2 aromatic rings. The Morgan fingerprint density at radius 3 is 3.00 bits per heavy atom. The number of ether oxygens (including phenoxy) is 1. The van der Waals surface area contributed by atoms with Crippen molar-refractivity contribution in [3.63, 3.8) is 0 Å². The summed E-state index contributed by atoms with van der Waals surface area (Å²) < 4.78 is 7.51. The van der Waals surface area contributed by atoms with Gasteiger partial charge in [0.05, 0.1) is 24.4 Å². The summed E-state index contributed by atoms with van der Waals surface area (Å²) >= 11 is 7.29. The highest BCUT2D eigenvalue weighted by Crippen LogP contribution is 2.35. The summed E-state index contributed by atoms with van der Waals surface area (Å²) in [6, 6.07) is 8.25. The second-order valence-electron chi connectivity index (χ2n) is 6.25. The molecule has 0 aliphatic carbocycles. The Hall–Kier alpha value is -2.01. The van der Waals surface area contributed by atoms with Crippen LogP contribution in [0.25, 0.3) is 0 Å². The molecule has 1 atom stereocenters. The van der Waals surface area contributed by atoms with Gasteiger partial charge in [0.25, 0.3) is 0 Å². The van der Waals surface area contributed by atoms with Crippen LogP contribution in [0.2, 0.25) is 0 Å². The number of likely N-dealkylation sites (tertiary alicyclic amines) is 1. The number of rotatable bonds is 5. The normalized spacial score (nSPS) is 17.2. The molecule has 2 aromatic heterocycles. The molecule has 0 aromatic carbocycles. The molecule has 0 amide bonds. The predicted molar refractivity (Wildman–Crippen MR) is 104 cm³/mol. The molecular formula is C19H21N3O2S2. The summed E-state index contributed by atoms with van der Waals surface area (Å²) in [5, 5.41) is 11.5. The van der Waals surface area contributed by atoms with E-state index in [0.29, 0.717) is 35.1 Å². The molecule has 7 heteroatoms. The number of carbonyl (C=O) groups excluding carboxylic acids is 1. The van der Waals surface area contributed by atoms with Gasteiger partial charge in [-0.1, -0.05) is 18.3 Å². The van der Waals surface area contributed by atoms with Crippen molar-refractivity contribution in [2.45, 2.75) is 39.4 Å². The quantitative estimate of drug-likeness (QED) is 0.561. The number of thiophene rings is 1. The molecular weight excluding hydrogens is 366 g/mol. The molecule has 0 spiro atoms. The fraction of sp³-hybridized carbons (Fsp3) is 0.421.